The highest BCUT2D eigenvalue weighted by Gasteiger charge is 2.29. The van der Waals surface area contributed by atoms with Gasteiger partial charge in [0.25, 0.3) is 0 Å². The van der Waals surface area contributed by atoms with Gasteiger partial charge in [0.1, 0.15) is 23.2 Å². The van der Waals surface area contributed by atoms with Gasteiger partial charge in [0.05, 0.1) is 18.4 Å². The van der Waals surface area contributed by atoms with Crippen LogP contribution in [0.2, 0.25) is 0 Å². The van der Waals surface area contributed by atoms with Gasteiger partial charge >= 0.3 is 5.97 Å². The van der Waals surface area contributed by atoms with Crippen LogP contribution in [0.1, 0.15) is 5.56 Å². The first-order valence-electron chi connectivity index (χ1n) is 6.28. The van der Waals surface area contributed by atoms with Crippen molar-refractivity contribution in [2.75, 3.05) is 33.0 Å². The fourth-order valence-corrected chi connectivity index (χ4v) is 2.17. The molecule has 0 spiro atoms. The van der Waals surface area contributed by atoms with Gasteiger partial charge in [0.2, 0.25) is 0 Å². The molecule has 7 heteroatoms. The summed E-state index contributed by atoms with van der Waals surface area (Å²) in [6.45, 7) is -0.110. The average Bonchev–Trinajstić information content (AvgIpc) is 2.51. The summed E-state index contributed by atoms with van der Waals surface area (Å²) < 4.78 is 28.6. The smallest absolute Gasteiger partial charge is 0.354 e. The van der Waals surface area contributed by atoms with Gasteiger partial charge in [-0.05, 0) is 12.1 Å². The second kappa shape index (κ2) is 6.43. The van der Waals surface area contributed by atoms with Crippen LogP contribution in [0.4, 0.5) is 10.1 Å². The maximum atomic E-state index is 13.7. The molecule has 0 aromatic heterocycles. The number of allylic oxidation sites excluding steroid dienone is 2. The van der Waals surface area contributed by atoms with Crippen LogP contribution < -0.4 is 9.64 Å². The molecule has 1 aliphatic rings. The molecular weight excluding hydrogens is 293 g/mol. The van der Waals surface area contributed by atoms with E-state index in [1.807, 2.05) is 0 Å². The van der Waals surface area contributed by atoms with Gasteiger partial charge in [-0.25, -0.2) is 14.0 Å². The van der Waals surface area contributed by atoms with Crippen molar-refractivity contribution in [2.24, 2.45) is 0 Å². The van der Waals surface area contributed by atoms with E-state index >= 15 is 0 Å². The summed E-state index contributed by atoms with van der Waals surface area (Å²) in [4.78, 5) is 24.4. The minimum atomic E-state index is -0.636. The lowest BCUT2D eigenvalue weighted by Crippen LogP contribution is -2.28. The third kappa shape index (κ3) is 2.72. The first-order valence-corrected chi connectivity index (χ1v) is 6.28. The molecule has 0 bridgehead atoms. The highest BCUT2D eigenvalue weighted by molar-refractivity contribution is 6.07. The standard InChI is InChI=1S/C15H14FNO5/c1-17-12(15(19)21-3)4-9(7-18)11-5-10(16)6-13(14(11)17)22-8-20-2/h4-6H,8H2,1-3H3. The number of halogens is 1. The molecule has 0 atom stereocenters. The van der Waals surface area contributed by atoms with E-state index in [0.717, 1.165) is 6.07 Å². The van der Waals surface area contributed by atoms with Crippen molar-refractivity contribution in [1.29, 1.82) is 0 Å². The molecule has 116 valence electrons. The van der Waals surface area contributed by atoms with Crippen molar-refractivity contribution in [3.63, 3.8) is 0 Å². The molecule has 0 unspecified atom stereocenters. The second-order valence-corrected chi connectivity index (χ2v) is 4.45. The quantitative estimate of drug-likeness (QED) is 0.477. The van der Waals surface area contributed by atoms with Crippen molar-refractivity contribution >= 4 is 23.2 Å². The van der Waals surface area contributed by atoms with E-state index in [0.29, 0.717) is 5.69 Å². The number of hydrogen-bond acceptors (Lipinski definition) is 6. The topological polar surface area (TPSA) is 65.1 Å². The van der Waals surface area contributed by atoms with Crippen molar-refractivity contribution < 1.29 is 28.2 Å². The molecule has 1 aromatic carbocycles. The van der Waals surface area contributed by atoms with Gasteiger partial charge in [0.15, 0.2) is 6.79 Å². The lowest BCUT2D eigenvalue weighted by atomic mass is 9.98. The van der Waals surface area contributed by atoms with Crippen LogP contribution in [0.3, 0.4) is 0 Å². The number of nitrogens with zero attached hydrogens (tertiary/aromatic N) is 1. The van der Waals surface area contributed by atoms with E-state index < -0.39 is 11.8 Å². The Balaban J connectivity index is 2.64. The van der Waals surface area contributed by atoms with Crippen LogP contribution in [0.15, 0.2) is 23.9 Å². The van der Waals surface area contributed by atoms with E-state index in [1.165, 1.54) is 31.3 Å². The Morgan fingerprint density at radius 3 is 2.68 bits per heavy atom. The number of carbonyl (C=O) groups excluding carboxylic acids is 2. The van der Waals surface area contributed by atoms with Crippen molar-refractivity contribution in [3.8, 4) is 5.75 Å². The largest absolute Gasteiger partial charge is 0.465 e. The number of esters is 1. The first kappa shape index (κ1) is 15.8. The van der Waals surface area contributed by atoms with Crippen LogP contribution in [-0.4, -0.2) is 40.0 Å². The second-order valence-electron chi connectivity index (χ2n) is 4.45. The maximum Gasteiger partial charge on any atom is 0.354 e. The van der Waals surface area contributed by atoms with Gasteiger partial charge in [-0.3, -0.25) is 0 Å². The Morgan fingerprint density at radius 1 is 1.36 bits per heavy atom. The van der Waals surface area contributed by atoms with E-state index in [-0.39, 0.29) is 29.4 Å². The number of anilines is 1. The molecule has 0 saturated heterocycles. The average molecular weight is 307 g/mol. The summed E-state index contributed by atoms with van der Waals surface area (Å²) in [5, 5.41) is 0. The summed E-state index contributed by atoms with van der Waals surface area (Å²) >= 11 is 0. The molecule has 0 radical (unpaired) electrons. The Morgan fingerprint density at radius 2 is 2.09 bits per heavy atom. The van der Waals surface area contributed by atoms with Crippen molar-refractivity contribution in [3.05, 3.63) is 35.3 Å². The number of methoxy groups -OCH3 is 2. The van der Waals surface area contributed by atoms with Gasteiger partial charge in [-0.2, -0.15) is 0 Å². The predicted molar refractivity (Wildman–Crippen MR) is 76.5 cm³/mol. The summed E-state index contributed by atoms with van der Waals surface area (Å²) in [6.07, 6.45) is 1.29. The maximum absolute atomic E-state index is 13.7. The molecule has 1 heterocycles. The molecule has 0 N–H and O–H groups in total. The minimum Gasteiger partial charge on any atom is -0.465 e. The van der Waals surface area contributed by atoms with E-state index in [2.05, 4.69) is 4.74 Å². The van der Waals surface area contributed by atoms with Gasteiger partial charge < -0.3 is 19.1 Å². The highest BCUT2D eigenvalue weighted by Crippen LogP contribution is 2.41. The van der Waals surface area contributed by atoms with E-state index in [1.54, 1.807) is 13.0 Å². The van der Waals surface area contributed by atoms with Gasteiger partial charge in [0, 0.05) is 25.8 Å². The number of likely N-dealkylation sites (N-methyl/N-ethyl adjacent to an activating group) is 1. The van der Waals surface area contributed by atoms with Crippen LogP contribution in [0.25, 0.3) is 5.57 Å². The molecule has 1 aromatic rings. The zero-order valence-corrected chi connectivity index (χ0v) is 12.3. The van der Waals surface area contributed by atoms with Crippen molar-refractivity contribution in [2.45, 2.75) is 0 Å². The summed E-state index contributed by atoms with van der Waals surface area (Å²) in [6, 6.07) is 2.33. The zero-order chi connectivity index (χ0) is 16.3. The van der Waals surface area contributed by atoms with Crippen LogP contribution in [0.5, 0.6) is 5.75 Å². The minimum absolute atomic E-state index is 0.0373. The molecule has 0 saturated carbocycles. The van der Waals surface area contributed by atoms with Crippen LogP contribution in [0, 0.1) is 5.82 Å². The molecule has 1 aliphatic heterocycles. The molecule has 0 fully saturated rings. The Labute approximate surface area is 126 Å². The summed E-state index contributed by atoms with van der Waals surface area (Å²) in [5.74, 6) is 0.624. The SMILES string of the molecule is COCOc1cc(F)cc2c1N(C)C(C(=O)OC)=CC2=C=O. The molecule has 22 heavy (non-hydrogen) atoms. The lowest BCUT2D eigenvalue weighted by Gasteiger charge is -2.29. The summed E-state index contributed by atoms with van der Waals surface area (Å²) in [7, 11) is 4.23. The molecule has 6 nitrogen and oxygen atoms in total. The Kier molecular flexibility index (Phi) is 4.60. The number of ether oxygens (including phenoxy) is 3. The number of carbonyl (C=O) groups is 1. The fourth-order valence-electron chi connectivity index (χ4n) is 2.17. The first-order chi connectivity index (χ1) is 10.5. The Hall–Kier alpha value is -2.63. The number of benzene rings is 1. The van der Waals surface area contributed by atoms with E-state index in [9.17, 15) is 14.0 Å². The normalized spacial score (nSPS) is 13.2. The Bertz CT molecular complexity index is 691. The predicted octanol–water partition coefficient (Wildman–Crippen LogP) is 1.53. The molecule has 0 aliphatic carbocycles. The van der Waals surface area contributed by atoms with Gasteiger partial charge in [-0.15, -0.1) is 0 Å². The molecular formula is C15H14FNO5. The monoisotopic (exact) mass is 307 g/mol. The van der Waals surface area contributed by atoms with E-state index in [4.69, 9.17) is 9.47 Å². The highest BCUT2D eigenvalue weighted by atomic mass is 19.1. The van der Waals surface area contributed by atoms with Crippen LogP contribution >= 0.6 is 0 Å². The van der Waals surface area contributed by atoms with Crippen molar-refractivity contribution in [1.82, 2.24) is 0 Å². The number of rotatable bonds is 4. The third-order valence-electron chi connectivity index (χ3n) is 3.14. The third-order valence-corrected chi connectivity index (χ3v) is 3.14. The summed E-state index contributed by atoms with van der Waals surface area (Å²) in [5.41, 5.74) is 0.786. The fraction of sp³-hybridized carbons (Fsp3) is 0.267. The number of hydrogen-bond donors (Lipinski definition) is 0. The molecule has 2 rings (SSSR count). The lowest BCUT2D eigenvalue weighted by molar-refractivity contribution is -0.136. The van der Waals surface area contributed by atoms with Gasteiger partial charge in [-0.1, -0.05) is 0 Å². The zero-order valence-electron chi connectivity index (χ0n) is 12.3. The van der Waals surface area contributed by atoms with Crippen LogP contribution in [-0.2, 0) is 19.1 Å². The number of fused-ring (bicyclic) bond motifs is 1. The molecule has 0 amide bonds.